The highest BCUT2D eigenvalue weighted by atomic mass is 32.1. The van der Waals surface area contributed by atoms with Gasteiger partial charge in [-0.2, -0.15) is 0 Å². The Morgan fingerprint density at radius 3 is 2.04 bits per heavy atom. The molecule has 0 bridgehead atoms. The zero-order valence-corrected chi connectivity index (χ0v) is 29.0. The fourth-order valence-electron chi connectivity index (χ4n) is 9.27. The topological polar surface area (TPSA) is 35.1 Å². The van der Waals surface area contributed by atoms with E-state index in [2.05, 4.69) is 167 Å². The summed E-state index contributed by atoms with van der Waals surface area (Å²) in [4.78, 5) is 11.2. The van der Waals surface area contributed by atoms with E-state index in [-0.39, 0.29) is 0 Å². The van der Waals surface area contributed by atoms with Crippen molar-refractivity contribution in [3.05, 3.63) is 158 Å². The summed E-state index contributed by atoms with van der Waals surface area (Å²) < 4.78 is 7.52. The molecule has 13 aromatic rings. The number of benzene rings is 8. The molecular weight excluding hydrogens is 665 g/mol. The first kappa shape index (κ1) is 27.8. The van der Waals surface area contributed by atoms with Gasteiger partial charge in [-0.05, 0) is 41.1 Å². The van der Waals surface area contributed by atoms with E-state index in [9.17, 15) is 0 Å². The largest absolute Gasteiger partial charge is 0.308 e. The SMILES string of the molecule is c1ccc(-c2nc3ccc4ccccc4c3nc2-n2c3cccc4c5cccc6c7ccccc7n(c7cc8sc9ccccc9c8c2c7c43)c56)cc1. The number of fused-ring (bicyclic) bond motifs is 12. The second-order valence-electron chi connectivity index (χ2n) is 14.1. The Balaban J connectivity index is 1.37. The molecule has 53 heavy (non-hydrogen) atoms. The molecule has 13 rings (SSSR count). The molecule has 0 aliphatic heterocycles. The van der Waals surface area contributed by atoms with Crippen molar-refractivity contribution in [1.29, 1.82) is 0 Å². The molecular formula is C48H26N4S. The van der Waals surface area contributed by atoms with E-state index in [1.54, 1.807) is 0 Å². The lowest BCUT2D eigenvalue weighted by atomic mass is 10.0. The summed E-state index contributed by atoms with van der Waals surface area (Å²) in [6.45, 7) is 0. The van der Waals surface area contributed by atoms with Gasteiger partial charge in [0.25, 0.3) is 0 Å². The lowest BCUT2D eigenvalue weighted by molar-refractivity contribution is 1.09. The first-order valence-corrected chi connectivity index (χ1v) is 18.8. The number of thiophene rings is 1. The lowest BCUT2D eigenvalue weighted by Crippen LogP contribution is -2.04. The number of nitrogens with zero attached hydrogens (tertiary/aromatic N) is 4. The van der Waals surface area contributed by atoms with Crippen LogP contribution in [-0.2, 0) is 0 Å². The predicted octanol–water partition coefficient (Wildman–Crippen LogP) is 13.1. The average molecular weight is 691 g/mol. The van der Waals surface area contributed by atoms with Crippen LogP contribution in [0.4, 0.5) is 0 Å². The molecule has 4 nitrogen and oxygen atoms in total. The molecule has 0 amide bonds. The first-order chi connectivity index (χ1) is 26.3. The summed E-state index contributed by atoms with van der Waals surface area (Å²) >= 11 is 1.87. The molecule has 0 aliphatic carbocycles. The molecule has 0 fully saturated rings. The highest BCUT2D eigenvalue weighted by Crippen LogP contribution is 2.49. The van der Waals surface area contributed by atoms with Crippen molar-refractivity contribution < 1.29 is 0 Å². The maximum absolute atomic E-state index is 5.72. The van der Waals surface area contributed by atoms with Gasteiger partial charge in [0.15, 0.2) is 5.82 Å². The summed E-state index contributed by atoms with van der Waals surface area (Å²) in [5.74, 6) is 0.835. The third-order valence-corrected chi connectivity index (χ3v) is 12.5. The van der Waals surface area contributed by atoms with Crippen LogP contribution in [0, 0.1) is 0 Å². The smallest absolute Gasteiger partial charge is 0.165 e. The molecule has 0 aliphatic rings. The van der Waals surface area contributed by atoms with Crippen LogP contribution in [0.3, 0.4) is 0 Å². The third-order valence-electron chi connectivity index (χ3n) is 11.4. The summed E-state index contributed by atoms with van der Waals surface area (Å²) in [5, 5.41) is 12.3. The van der Waals surface area contributed by atoms with Crippen molar-refractivity contribution in [3.63, 3.8) is 0 Å². The number of aromatic nitrogens is 4. The minimum Gasteiger partial charge on any atom is -0.308 e. The molecule has 0 saturated carbocycles. The molecule has 5 heterocycles. The van der Waals surface area contributed by atoms with E-state index >= 15 is 0 Å². The van der Waals surface area contributed by atoms with Gasteiger partial charge in [-0.1, -0.05) is 127 Å². The summed E-state index contributed by atoms with van der Waals surface area (Å²) in [7, 11) is 0. The zero-order chi connectivity index (χ0) is 34.4. The Morgan fingerprint density at radius 2 is 1.13 bits per heavy atom. The highest BCUT2D eigenvalue weighted by molar-refractivity contribution is 7.26. The minimum atomic E-state index is 0.835. The summed E-state index contributed by atoms with van der Waals surface area (Å²) in [5.41, 5.74) is 9.66. The van der Waals surface area contributed by atoms with E-state index in [1.807, 2.05) is 11.3 Å². The second kappa shape index (κ2) is 9.94. The zero-order valence-electron chi connectivity index (χ0n) is 28.2. The summed E-state index contributed by atoms with van der Waals surface area (Å²) in [6, 6.07) is 57.2. The molecule has 0 N–H and O–H groups in total. The molecule has 0 atom stereocenters. The van der Waals surface area contributed by atoms with E-state index in [0.29, 0.717) is 0 Å². The summed E-state index contributed by atoms with van der Waals surface area (Å²) in [6.07, 6.45) is 0. The van der Waals surface area contributed by atoms with Crippen molar-refractivity contribution in [3.8, 4) is 17.1 Å². The van der Waals surface area contributed by atoms with Crippen molar-refractivity contribution in [1.82, 2.24) is 18.9 Å². The fourth-order valence-corrected chi connectivity index (χ4v) is 10.4. The quantitative estimate of drug-likeness (QED) is 0.169. The predicted molar refractivity (Wildman–Crippen MR) is 224 cm³/mol. The lowest BCUT2D eigenvalue weighted by Gasteiger charge is -2.15. The van der Waals surface area contributed by atoms with Crippen molar-refractivity contribution in [2.45, 2.75) is 0 Å². The van der Waals surface area contributed by atoms with Crippen LogP contribution in [0.5, 0.6) is 0 Å². The third kappa shape index (κ3) is 3.50. The molecule has 0 spiro atoms. The Morgan fingerprint density at radius 1 is 0.434 bits per heavy atom. The van der Waals surface area contributed by atoms with Crippen LogP contribution >= 0.6 is 11.3 Å². The van der Waals surface area contributed by atoms with Gasteiger partial charge in [0, 0.05) is 58.1 Å². The molecule has 0 radical (unpaired) electrons. The van der Waals surface area contributed by atoms with Gasteiger partial charge in [0.1, 0.15) is 5.69 Å². The van der Waals surface area contributed by atoms with Crippen LogP contribution in [-0.4, -0.2) is 18.9 Å². The Bertz CT molecular complexity index is 3680. The molecule has 5 heteroatoms. The molecule has 244 valence electrons. The van der Waals surface area contributed by atoms with Crippen molar-refractivity contribution >= 4 is 113 Å². The van der Waals surface area contributed by atoms with Gasteiger partial charge in [-0.3, -0.25) is 4.57 Å². The molecule has 0 saturated heterocycles. The average Bonchev–Trinajstić information content (AvgIpc) is 3.85. The van der Waals surface area contributed by atoms with Crippen LogP contribution in [0.2, 0.25) is 0 Å². The highest BCUT2D eigenvalue weighted by Gasteiger charge is 2.27. The molecule has 0 unspecified atom stereocenters. The number of hydrogen-bond donors (Lipinski definition) is 0. The van der Waals surface area contributed by atoms with Gasteiger partial charge < -0.3 is 4.40 Å². The van der Waals surface area contributed by atoms with Gasteiger partial charge in [0.2, 0.25) is 0 Å². The minimum absolute atomic E-state index is 0.835. The monoisotopic (exact) mass is 690 g/mol. The van der Waals surface area contributed by atoms with Crippen LogP contribution in [0.25, 0.3) is 119 Å². The van der Waals surface area contributed by atoms with Gasteiger partial charge in [-0.15, -0.1) is 11.3 Å². The number of para-hydroxylation sites is 2. The Labute approximate surface area is 305 Å². The van der Waals surface area contributed by atoms with Gasteiger partial charge in [-0.25, -0.2) is 9.97 Å². The maximum Gasteiger partial charge on any atom is 0.165 e. The maximum atomic E-state index is 5.72. The Kier molecular flexibility index (Phi) is 5.22. The standard InChI is InChI=1S/C48H26N4S/c1-2-13-28(14-3-1)44-48(50-45-29-15-5-4-12-27(29)24-25-35(45)49-44)52-37-22-11-18-31-33-20-10-19-32-30-16-6-8-21-36(30)51(46(32)33)38-26-40-42(47(52)43(38)41(31)37)34-17-7-9-23-39(34)53-40/h1-26H. The number of rotatable bonds is 2. The van der Waals surface area contributed by atoms with E-state index in [0.717, 1.165) is 44.4 Å². The Hall–Kier alpha value is -6.82. The van der Waals surface area contributed by atoms with Crippen LogP contribution in [0.1, 0.15) is 0 Å². The van der Waals surface area contributed by atoms with Crippen LogP contribution in [0.15, 0.2) is 158 Å². The van der Waals surface area contributed by atoms with E-state index < -0.39 is 0 Å². The van der Waals surface area contributed by atoms with Gasteiger partial charge >= 0.3 is 0 Å². The van der Waals surface area contributed by atoms with Gasteiger partial charge in [0.05, 0.1) is 38.6 Å². The molecule has 8 aromatic carbocycles. The fraction of sp³-hybridized carbons (Fsp3) is 0. The van der Waals surface area contributed by atoms with E-state index in [1.165, 1.54) is 74.6 Å². The van der Waals surface area contributed by atoms with E-state index in [4.69, 9.17) is 9.97 Å². The van der Waals surface area contributed by atoms with Crippen molar-refractivity contribution in [2.75, 3.05) is 0 Å². The number of hydrogen-bond acceptors (Lipinski definition) is 3. The van der Waals surface area contributed by atoms with Crippen LogP contribution < -0.4 is 0 Å². The second-order valence-corrected chi connectivity index (χ2v) is 15.2. The van der Waals surface area contributed by atoms with Crippen molar-refractivity contribution in [2.24, 2.45) is 0 Å². The normalized spacial score (nSPS) is 12.5. The first-order valence-electron chi connectivity index (χ1n) is 18.0. The molecule has 5 aromatic heterocycles.